The molecule has 0 aliphatic heterocycles. The third-order valence-corrected chi connectivity index (χ3v) is 2.45. The molecule has 78 valence electrons. The molecule has 0 unspecified atom stereocenters. The molecule has 0 saturated carbocycles. The van der Waals surface area contributed by atoms with Crippen LogP contribution < -0.4 is 5.73 Å². The number of quaternary nitrogens is 1. The second kappa shape index (κ2) is 3.82. The van der Waals surface area contributed by atoms with E-state index in [0.717, 1.165) is 5.82 Å². The molecule has 3 N–H and O–H groups in total. The van der Waals surface area contributed by atoms with Crippen molar-refractivity contribution in [3.63, 3.8) is 0 Å². The molecule has 15 heavy (non-hydrogen) atoms. The zero-order chi connectivity index (χ0) is 10.8. The number of nitrogens with zero attached hydrogens (tertiary/aromatic N) is 2. The topological polar surface area (TPSA) is 45.5 Å². The van der Waals surface area contributed by atoms with Gasteiger partial charge in [0.15, 0.2) is 11.9 Å². The number of rotatable bonds is 2. The molecule has 2 rings (SSSR count). The van der Waals surface area contributed by atoms with Gasteiger partial charge in [0.2, 0.25) is 0 Å². The van der Waals surface area contributed by atoms with Crippen LogP contribution in [0.1, 0.15) is 17.4 Å². The van der Waals surface area contributed by atoms with Gasteiger partial charge in [-0.1, -0.05) is 12.1 Å². The van der Waals surface area contributed by atoms with E-state index in [4.69, 9.17) is 0 Å². The molecule has 2 aromatic rings. The Labute approximate surface area is 87.4 Å². The molecule has 0 radical (unpaired) electrons. The summed E-state index contributed by atoms with van der Waals surface area (Å²) >= 11 is 0. The lowest BCUT2D eigenvalue weighted by Crippen LogP contribution is -2.55. The third kappa shape index (κ3) is 1.76. The van der Waals surface area contributed by atoms with Gasteiger partial charge in [0.1, 0.15) is 5.82 Å². The SMILES string of the molecule is Cn1ccnc1[C@@H]([NH3+])c1ccccc1F. The monoisotopic (exact) mass is 206 g/mol. The normalized spacial score (nSPS) is 12.7. The van der Waals surface area contributed by atoms with Gasteiger partial charge in [-0.3, -0.25) is 0 Å². The summed E-state index contributed by atoms with van der Waals surface area (Å²) in [5.74, 6) is 0.528. The van der Waals surface area contributed by atoms with Crippen molar-refractivity contribution in [2.24, 2.45) is 7.05 Å². The van der Waals surface area contributed by atoms with E-state index >= 15 is 0 Å². The number of imidazole rings is 1. The molecule has 1 aromatic heterocycles. The summed E-state index contributed by atoms with van der Waals surface area (Å²) < 4.78 is 15.3. The van der Waals surface area contributed by atoms with Crippen LogP contribution in [0.5, 0.6) is 0 Å². The van der Waals surface area contributed by atoms with E-state index in [9.17, 15) is 4.39 Å². The highest BCUT2D eigenvalue weighted by Gasteiger charge is 2.19. The lowest BCUT2D eigenvalue weighted by atomic mass is 10.1. The first-order valence-corrected chi connectivity index (χ1v) is 4.75. The van der Waals surface area contributed by atoms with Crippen molar-refractivity contribution >= 4 is 0 Å². The summed E-state index contributed by atoms with van der Waals surface area (Å²) in [5.41, 5.74) is 4.52. The Kier molecular flexibility index (Phi) is 2.51. The van der Waals surface area contributed by atoms with Gasteiger partial charge in [-0.25, -0.2) is 9.37 Å². The van der Waals surface area contributed by atoms with Gasteiger partial charge >= 0.3 is 0 Å². The minimum absolute atomic E-state index is 0.236. The van der Waals surface area contributed by atoms with Crippen LogP contribution in [0.15, 0.2) is 36.7 Å². The fourth-order valence-corrected chi connectivity index (χ4v) is 1.61. The highest BCUT2D eigenvalue weighted by Crippen LogP contribution is 2.18. The van der Waals surface area contributed by atoms with Crippen molar-refractivity contribution in [1.29, 1.82) is 0 Å². The van der Waals surface area contributed by atoms with Crippen LogP contribution in [0.2, 0.25) is 0 Å². The average Bonchev–Trinajstić information content (AvgIpc) is 2.64. The molecule has 0 fully saturated rings. The van der Waals surface area contributed by atoms with Gasteiger partial charge in [-0.15, -0.1) is 0 Å². The molecule has 0 spiro atoms. The Bertz CT molecular complexity index is 464. The largest absolute Gasteiger partial charge is 0.345 e. The number of aryl methyl sites for hydroxylation is 1. The Balaban J connectivity index is 2.41. The maximum Gasteiger partial charge on any atom is 0.172 e. The minimum Gasteiger partial charge on any atom is -0.345 e. The molecule has 0 saturated heterocycles. The van der Waals surface area contributed by atoms with Crippen LogP contribution in [0.25, 0.3) is 0 Å². The van der Waals surface area contributed by atoms with Crippen molar-refractivity contribution in [2.45, 2.75) is 6.04 Å². The van der Waals surface area contributed by atoms with Crippen molar-refractivity contribution in [2.75, 3.05) is 0 Å². The van der Waals surface area contributed by atoms with Crippen LogP contribution >= 0.6 is 0 Å². The van der Waals surface area contributed by atoms with Gasteiger partial charge in [0.25, 0.3) is 0 Å². The summed E-state index contributed by atoms with van der Waals surface area (Å²) in [6.45, 7) is 0. The van der Waals surface area contributed by atoms with Crippen LogP contribution in [0.3, 0.4) is 0 Å². The first-order valence-electron chi connectivity index (χ1n) is 4.75. The Morgan fingerprint density at radius 2 is 2.13 bits per heavy atom. The van der Waals surface area contributed by atoms with Gasteiger partial charge < -0.3 is 10.3 Å². The molecule has 4 heteroatoms. The van der Waals surface area contributed by atoms with E-state index in [2.05, 4.69) is 10.7 Å². The lowest BCUT2D eigenvalue weighted by molar-refractivity contribution is -0.414. The Morgan fingerprint density at radius 1 is 1.40 bits per heavy atom. The zero-order valence-corrected chi connectivity index (χ0v) is 8.52. The second-order valence-corrected chi connectivity index (χ2v) is 3.47. The van der Waals surface area contributed by atoms with Crippen molar-refractivity contribution < 1.29 is 10.1 Å². The Hall–Kier alpha value is -1.68. The maximum atomic E-state index is 13.5. The molecule has 1 aromatic carbocycles. The van der Waals surface area contributed by atoms with Crippen LogP contribution in [-0.4, -0.2) is 9.55 Å². The van der Waals surface area contributed by atoms with E-state index in [0.29, 0.717) is 5.56 Å². The molecule has 1 atom stereocenters. The quantitative estimate of drug-likeness (QED) is 0.779. The van der Waals surface area contributed by atoms with E-state index < -0.39 is 0 Å². The lowest BCUT2D eigenvalue weighted by Gasteiger charge is -2.09. The minimum atomic E-state index is -0.272. The maximum absolute atomic E-state index is 13.5. The summed E-state index contributed by atoms with van der Waals surface area (Å²) in [6.07, 6.45) is 3.52. The van der Waals surface area contributed by atoms with Gasteiger partial charge in [-0.05, 0) is 12.1 Å². The second-order valence-electron chi connectivity index (χ2n) is 3.47. The molecule has 0 bridgehead atoms. The summed E-state index contributed by atoms with van der Waals surface area (Å²) in [6, 6.07) is 6.38. The zero-order valence-electron chi connectivity index (χ0n) is 8.52. The first kappa shape index (κ1) is 9.86. The number of halogens is 1. The van der Waals surface area contributed by atoms with Gasteiger partial charge in [-0.2, -0.15) is 0 Å². The van der Waals surface area contributed by atoms with Crippen molar-refractivity contribution in [1.82, 2.24) is 9.55 Å². The molecule has 1 heterocycles. The highest BCUT2D eigenvalue weighted by molar-refractivity contribution is 5.24. The molecule has 0 aliphatic rings. The van der Waals surface area contributed by atoms with Crippen LogP contribution in [-0.2, 0) is 7.05 Å². The van der Waals surface area contributed by atoms with Crippen molar-refractivity contribution in [3.05, 3.63) is 53.9 Å². The Morgan fingerprint density at radius 3 is 2.73 bits per heavy atom. The smallest absolute Gasteiger partial charge is 0.172 e. The van der Waals surface area contributed by atoms with Crippen molar-refractivity contribution in [3.8, 4) is 0 Å². The van der Waals surface area contributed by atoms with Crippen LogP contribution in [0, 0.1) is 5.82 Å². The first-order chi connectivity index (χ1) is 7.20. The number of benzene rings is 1. The summed E-state index contributed by atoms with van der Waals surface area (Å²) in [4.78, 5) is 4.17. The predicted molar refractivity (Wildman–Crippen MR) is 54.3 cm³/mol. The summed E-state index contributed by atoms with van der Waals surface area (Å²) in [7, 11) is 1.88. The van der Waals surface area contributed by atoms with E-state index in [1.54, 1.807) is 24.4 Å². The predicted octanol–water partition coefficient (Wildman–Crippen LogP) is 0.890. The highest BCUT2D eigenvalue weighted by atomic mass is 19.1. The molecule has 3 nitrogen and oxygen atoms in total. The number of aromatic nitrogens is 2. The fourth-order valence-electron chi connectivity index (χ4n) is 1.61. The summed E-state index contributed by atoms with van der Waals surface area (Å²) in [5, 5.41) is 0. The van der Waals surface area contributed by atoms with E-state index in [-0.39, 0.29) is 11.9 Å². The number of hydrogen-bond donors (Lipinski definition) is 1. The fraction of sp³-hybridized carbons (Fsp3) is 0.182. The average molecular weight is 206 g/mol. The van der Waals surface area contributed by atoms with E-state index in [1.165, 1.54) is 6.07 Å². The standard InChI is InChI=1S/C11H12FN3/c1-15-7-6-14-11(15)10(13)8-4-2-3-5-9(8)12/h2-7,10H,13H2,1H3/p+1/t10-/m0/s1. The molecule has 0 amide bonds. The van der Waals surface area contributed by atoms with Gasteiger partial charge in [0, 0.05) is 19.4 Å². The molecular weight excluding hydrogens is 193 g/mol. The van der Waals surface area contributed by atoms with E-state index in [1.807, 2.05) is 17.8 Å². The molecule has 0 aliphatic carbocycles. The van der Waals surface area contributed by atoms with Gasteiger partial charge in [0.05, 0.1) is 5.56 Å². The van der Waals surface area contributed by atoms with Crippen LogP contribution in [0.4, 0.5) is 4.39 Å². The molecular formula is C11H13FN3+. The number of hydrogen-bond acceptors (Lipinski definition) is 1. The third-order valence-electron chi connectivity index (χ3n) is 2.45.